The van der Waals surface area contributed by atoms with Gasteiger partial charge in [0.2, 0.25) is 5.91 Å². The second-order valence-corrected chi connectivity index (χ2v) is 7.06. The monoisotopic (exact) mass is 394 g/mol. The molecule has 2 aromatic carbocycles. The highest BCUT2D eigenvalue weighted by atomic mass is 32.1. The van der Waals surface area contributed by atoms with Crippen LogP contribution in [0.25, 0.3) is 10.6 Å². The summed E-state index contributed by atoms with van der Waals surface area (Å²) in [5.74, 6) is -1.09. The Balaban J connectivity index is 1.63. The number of benzene rings is 2. The first kappa shape index (κ1) is 19.4. The van der Waals surface area contributed by atoms with Crippen LogP contribution in [0.15, 0.2) is 54.6 Å². The Morgan fingerprint density at radius 2 is 1.71 bits per heavy atom. The summed E-state index contributed by atoms with van der Waals surface area (Å²) in [6, 6.07) is 15.9. The predicted molar refractivity (Wildman–Crippen MR) is 108 cm³/mol. The molecule has 28 heavy (non-hydrogen) atoms. The second-order valence-electron chi connectivity index (χ2n) is 6.06. The molecule has 1 amide bonds. The van der Waals surface area contributed by atoms with E-state index in [9.17, 15) is 14.4 Å². The van der Waals surface area contributed by atoms with Crippen LogP contribution in [-0.4, -0.2) is 29.3 Å². The number of ketones is 1. The van der Waals surface area contributed by atoms with E-state index in [1.807, 2.05) is 30.3 Å². The number of carbonyl (C=O) groups is 3. The van der Waals surface area contributed by atoms with Crippen molar-refractivity contribution in [1.82, 2.24) is 4.98 Å². The number of aryl methyl sites for hydroxylation is 1. The minimum Gasteiger partial charge on any atom is -0.453 e. The molecule has 6 nitrogen and oxygen atoms in total. The summed E-state index contributed by atoms with van der Waals surface area (Å²) in [5, 5.41) is 3.35. The number of hydrogen-bond acceptors (Lipinski definition) is 6. The van der Waals surface area contributed by atoms with E-state index < -0.39 is 5.97 Å². The standard InChI is InChI=1S/C21H18N2O4S/c1-13-19(28-20(22-13)16-6-4-3-5-7-16)21(26)27-12-18(25)15-8-10-17(11-9-15)23-14(2)24/h3-11H,12H2,1-2H3,(H,23,24). The Bertz CT molecular complexity index is 1010. The van der Waals surface area contributed by atoms with Crippen molar-refractivity contribution in [2.24, 2.45) is 0 Å². The molecule has 1 N–H and O–H groups in total. The van der Waals surface area contributed by atoms with Gasteiger partial charge in [-0.25, -0.2) is 9.78 Å². The molecule has 0 aliphatic rings. The number of nitrogens with zero attached hydrogens (tertiary/aromatic N) is 1. The normalized spacial score (nSPS) is 10.4. The molecular formula is C21H18N2O4S. The molecule has 3 rings (SSSR count). The lowest BCUT2D eigenvalue weighted by Gasteiger charge is -2.05. The quantitative estimate of drug-likeness (QED) is 0.502. The van der Waals surface area contributed by atoms with Gasteiger partial charge in [0.1, 0.15) is 9.88 Å². The maximum atomic E-state index is 12.4. The van der Waals surface area contributed by atoms with Crippen LogP contribution in [0.3, 0.4) is 0 Å². The van der Waals surface area contributed by atoms with Gasteiger partial charge in [-0.05, 0) is 31.2 Å². The van der Waals surface area contributed by atoms with Gasteiger partial charge in [-0.15, -0.1) is 11.3 Å². The molecule has 0 spiro atoms. The summed E-state index contributed by atoms with van der Waals surface area (Å²) in [4.78, 5) is 40.4. The van der Waals surface area contributed by atoms with Gasteiger partial charge >= 0.3 is 5.97 Å². The molecule has 0 bridgehead atoms. The number of esters is 1. The molecule has 142 valence electrons. The third kappa shape index (κ3) is 4.69. The number of anilines is 1. The SMILES string of the molecule is CC(=O)Nc1ccc(C(=O)COC(=O)c2sc(-c3ccccc3)nc2C)cc1. The smallest absolute Gasteiger partial charge is 0.350 e. The summed E-state index contributed by atoms with van der Waals surface area (Å²) >= 11 is 1.24. The summed E-state index contributed by atoms with van der Waals surface area (Å²) in [6.07, 6.45) is 0. The average Bonchev–Trinajstić information content (AvgIpc) is 3.08. The van der Waals surface area contributed by atoms with Gasteiger partial charge in [-0.2, -0.15) is 0 Å². The van der Waals surface area contributed by atoms with E-state index in [1.54, 1.807) is 31.2 Å². The van der Waals surface area contributed by atoms with Crippen molar-refractivity contribution < 1.29 is 19.1 Å². The number of nitrogens with one attached hydrogen (secondary N) is 1. The van der Waals surface area contributed by atoms with Crippen molar-refractivity contribution in [2.75, 3.05) is 11.9 Å². The maximum Gasteiger partial charge on any atom is 0.350 e. The zero-order valence-corrected chi connectivity index (χ0v) is 16.2. The topological polar surface area (TPSA) is 85.4 Å². The van der Waals surface area contributed by atoms with Crippen LogP contribution in [-0.2, 0) is 9.53 Å². The van der Waals surface area contributed by atoms with Crippen molar-refractivity contribution in [3.63, 3.8) is 0 Å². The lowest BCUT2D eigenvalue weighted by Crippen LogP contribution is -2.14. The highest BCUT2D eigenvalue weighted by Crippen LogP contribution is 2.28. The van der Waals surface area contributed by atoms with E-state index in [-0.39, 0.29) is 18.3 Å². The third-order valence-corrected chi connectivity index (χ3v) is 5.05. The highest BCUT2D eigenvalue weighted by molar-refractivity contribution is 7.17. The average molecular weight is 394 g/mol. The Morgan fingerprint density at radius 3 is 2.36 bits per heavy atom. The van der Waals surface area contributed by atoms with E-state index in [0.29, 0.717) is 21.8 Å². The summed E-state index contributed by atoms with van der Waals surface area (Å²) in [7, 11) is 0. The summed E-state index contributed by atoms with van der Waals surface area (Å²) in [5.41, 5.74) is 2.48. The highest BCUT2D eigenvalue weighted by Gasteiger charge is 2.19. The van der Waals surface area contributed by atoms with Crippen molar-refractivity contribution >= 4 is 34.7 Å². The lowest BCUT2D eigenvalue weighted by atomic mass is 10.1. The van der Waals surface area contributed by atoms with Crippen LogP contribution in [0.4, 0.5) is 5.69 Å². The number of Topliss-reactive ketones (excluding diaryl/α,β-unsaturated/α-hetero) is 1. The van der Waals surface area contributed by atoms with E-state index in [2.05, 4.69) is 10.3 Å². The first-order valence-electron chi connectivity index (χ1n) is 8.55. The van der Waals surface area contributed by atoms with Gasteiger partial charge < -0.3 is 10.1 Å². The van der Waals surface area contributed by atoms with Crippen LogP contribution in [0.1, 0.15) is 32.6 Å². The molecule has 0 fully saturated rings. The van der Waals surface area contributed by atoms with E-state index >= 15 is 0 Å². The Hall–Kier alpha value is -3.32. The minimum absolute atomic E-state index is 0.192. The van der Waals surface area contributed by atoms with Crippen LogP contribution < -0.4 is 5.32 Å². The third-order valence-electron chi connectivity index (χ3n) is 3.86. The largest absolute Gasteiger partial charge is 0.453 e. The molecule has 1 heterocycles. The Morgan fingerprint density at radius 1 is 1.04 bits per heavy atom. The Kier molecular flexibility index (Phi) is 5.96. The molecule has 7 heteroatoms. The lowest BCUT2D eigenvalue weighted by molar-refractivity contribution is -0.114. The number of thiazole rings is 1. The molecule has 0 aliphatic heterocycles. The molecule has 0 saturated carbocycles. The molecule has 0 atom stereocenters. The van der Waals surface area contributed by atoms with Crippen molar-refractivity contribution in [3.8, 4) is 10.6 Å². The first-order valence-corrected chi connectivity index (χ1v) is 9.36. The fourth-order valence-corrected chi connectivity index (χ4v) is 3.48. The molecule has 0 radical (unpaired) electrons. The van der Waals surface area contributed by atoms with E-state index in [0.717, 1.165) is 10.6 Å². The zero-order valence-electron chi connectivity index (χ0n) is 15.4. The van der Waals surface area contributed by atoms with Gasteiger partial charge in [-0.3, -0.25) is 9.59 Å². The molecule has 0 aliphatic carbocycles. The van der Waals surface area contributed by atoms with Crippen LogP contribution in [0.5, 0.6) is 0 Å². The van der Waals surface area contributed by atoms with Gasteiger partial charge in [0, 0.05) is 23.7 Å². The van der Waals surface area contributed by atoms with Gasteiger partial charge in [-0.1, -0.05) is 30.3 Å². The predicted octanol–water partition coefficient (Wildman–Crippen LogP) is 4.12. The van der Waals surface area contributed by atoms with Gasteiger partial charge in [0.15, 0.2) is 12.4 Å². The van der Waals surface area contributed by atoms with Gasteiger partial charge in [0.05, 0.1) is 5.69 Å². The maximum absolute atomic E-state index is 12.4. The van der Waals surface area contributed by atoms with E-state index in [1.165, 1.54) is 18.3 Å². The van der Waals surface area contributed by atoms with Crippen LogP contribution in [0.2, 0.25) is 0 Å². The summed E-state index contributed by atoms with van der Waals surface area (Å²) in [6.45, 7) is 2.78. The fourth-order valence-electron chi connectivity index (χ4n) is 2.51. The van der Waals surface area contributed by atoms with Gasteiger partial charge in [0.25, 0.3) is 0 Å². The number of aromatic nitrogens is 1. The summed E-state index contributed by atoms with van der Waals surface area (Å²) < 4.78 is 5.18. The molecule has 3 aromatic rings. The van der Waals surface area contributed by atoms with Crippen molar-refractivity contribution in [3.05, 3.63) is 70.7 Å². The van der Waals surface area contributed by atoms with Crippen LogP contribution in [0, 0.1) is 6.92 Å². The minimum atomic E-state index is -0.569. The molecule has 0 unspecified atom stereocenters. The number of amides is 1. The number of carbonyl (C=O) groups excluding carboxylic acids is 3. The zero-order chi connectivity index (χ0) is 20.1. The Labute approximate surface area is 166 Å². The molecule has 0 saturated heterocycles. The second kappa shape index (κ2) is 8.58. The van der Waals surface area contributed by atoms with Crippen LogP contribution >= 0.6 is 11.3 Å². The fraction of sp³-hybridized carbons (Fsp3) is 0.143. The number of rotatable bonds is 6. The van der Waals surface area contributed by atoms with E-state index in [4.69, 9.17) is 4.74 Å². The number of hydrogen-bond donors (Lipinski definition) is 1. The van der Waals surface area contributed by atoms with Crippen molar-refractivity contribution in [2.45, 2.75) is 13.8 Å². The van der Waals surface area contributed by atoms with Crippen molar-refractivity contribution in [1.29, 1.82) is 0 Å². The molecule has 1 aromatic heterocycles. The number of ether oxygens (including phenoxy) is 1. The first-order chi connectivity index (χ1) is 13.4. The molecular weight excluding hydrogens is 376 g/mol.